The van der Waals surface area contributed by atoms with Crippen molar-refractivity contribution in [1.29, 1.82) is 5.26 Å². The molecule has 0 aromatic carbocycles. The van der Waals surface area contributed by atoms with Crippen LogP contribution in [0.25, 0.3) is 0 Å². The molecule has 0 saturated carbocycles. The van der Waals surface area contributed by atoms with Gasteiger partial charge in [0.25, 0.3) is 5.91 Å². The van der Waals surface area contributed by atoms with E-state index in [9.17, 15) is 4.79 Å². The number of rotatable bonds is 4. The molecule has 13 heavy (non-hydrogen) atoms. The molecule has 0 bridgehead atoms. The highest BCUT2D eigenvalue weighted by atomic mass is 16.3. The highest BCUT2D eigenvalue weighted by Gasteiger charge is 2.05. The first-order chi connectivity index (χ1) is 6.34. The van der Waals surface area contributed by atoms with E-state index in [2.05, 4.69) is 5.32 Å². The van der Waals surface area contributed by atoms with E-state index in [0.717, 1.165) is 0 Å². The molecule has 1 aromatic heterocycles. The summed E-state index contributed by atoms with van der Waals surface area (Å²) in [5.74, 6) is 0.0693. The minimum atomic E-state index is -0.233. The molecule has 0 spiro atoms. The van der Waals surface area contributed by atoms with Crippen molar-refractivity contribution in [3.63, 3.8) is 0 Å². The van der Waals surface area contributed by atoms with Crippen LogP contribution in [0.3, 0.4) is 0 Å². The molecule has 0 aliphatic carbocycles. The van der Waals surface area contributed by atoms with Crippen molar-refractivity contribution in [2.75, 3.05) is 6.54 Å². The second-order valence-electron chi connectivity index (χ2n) is 2.49. The molecule has 0 aliphatic rings. The van der Waals surface area contributed by atoms with Crippen molar-refractivity contribution in [2.24, 2.45) is 0 Å². The van der Waals surface area contributed by atoms with Crippen molar-refractivity contribution in [3.8, 4) is 6.07 Å². The largest absolute Gasteiger partial charge is 0.459 e. The van der Waals surface area contributed by atoms with E-state index in [0.29, 0.717) is 25.1 Å². The van der Waals surface area contributed by atoms with Gasteiger partial charge in [0.1, 0.15) is 0 Å². The van der Waals surface area contributed by atoms with Gasteiger partial charge in [0.15, 0.2) is 5.76 Å². The molecule has 0 saturated heterocycles. The molecule has 68 valence electrons. The van der Waals surface area contributed by atoms with Gasteiger partial charge in [0.05, 0.1) is 12.3 Å². The van der Waals surface area contributed by atoms with Crippen molar-refractivity contribution in [3.05, 3.63) is 24.2 Å². The van der Waals surface area contributed by atoms with E-state index in [-0.39, 0.29) is 5.91 Å². The van der Waals surface area contributed by atoms with E-state index in [1.165, 1.54) is 6.26 Å². The van der Waals surface area contributed by atoms with E-state index in [1.807, 2.05) is 6.07 Å². The molecule has 4 heteroatoms. The maximum Gasteiger partial charge on any atom is 0.286 e. The van der Waals surface area contributed by atoms with Crippen LogP contribution in [-0.2, 0) is 0 Å². The first-order valence-corrected chi connectivity index (χ1v) is 4.03. The molecule has 1 heterocycles. The van der Waals surface area contributed by atoms with Crippen LogP contribution in [0.2, 0.25) is 0 Å². The second kappa shape index (κ2) is 4.99. The van der Waals surface area contributed by atoms with Crippen molar-refractivity contribution in [1.82, 2.24) is 5.32 Å². The van der Waals surface area contributed by atoms with Crippen molar-refractivity contribution < 1.29 is 9.21 Å². The number of hydrogen-bond acceptors (Lipinski definition) is 3. The summed E-state index contributed by atoms with van der Waals surface area (Å²) < 4.78 is 4.88. The summed E-state index contributed by atoms with van der Waals surface area (Å²) in [6.07, 6.45) is 2.57. The third kappa shape index (κ3) is 2.99. The Kier molecular flexibility index (Phi) is 3.58. The van der Waals surface area contributed by atoms with E-state index in [4.69, 9.17) is 9.68 Å². The SMILES string of the molecule is N#CCCCNC(=O)c1ccco1. The molecular formula is C9H10N2O2. The molecular weight excluding hydrogens is 168 g/mol. The van der Waals surface area contributed by atoms with Gasteiger partial charge in [0.2, 0.25) is 0 Å². The summed E-state index contributed by atoms with van der Waals surface area (Å²) in [5, 5.41) is 10.9. The Hall–Kier alpha value is -1.76. The highest BCUT2D eigenvalue weighted by molar-refractivity contribution is 5.91. The minimum absolute atomic E-state index is 0.233. The Morgan fingerprint density at radius 3 is 3.15 bits per heavy atom. The molecule has 0 radical (unpaired) electrons. The topological polar surface area (TPSA) is 66.0 Å². The van der Waals surface area contributed by atoms with Gasteiger partial charge in [0, 0.05) is 13.0 Å². The Labute approximate surface area is 76.2 Å². The highest BCUT2D eigenvalue weighted by Crippen LogP contribution is 1.98. The van der Waals surface area contributed by atoms with Gasteiger partial charge in [-0.3, -0.25) is 4.79 Å². The number of carbonyl (C=O) groups is 1. The van der Waals surface area contributed by atoms with Gasteiger partial charge in [-0.15, -0.1) is 0 Å². The zero-order chi connectivity index (χ0) is 9.52. The Balaban J connectivity index is 2.24. The first kappa shape index (κ1) is 9.33. The average molecular weight is 178 g/mol. The third-order valence-corrected chi connectivity index (χ3v) is 1.50. The monoisotopic (exact) mass is 178 g/mol. The Bertz CT molecular complexity index is 298. The molecule has 1 rings (SSSR count). The van der Waals surface area contributed by atoms with E-state index >= 15 is 0 Å². The standard InChI is InChI=1S/C9H10N2O2/c10-5-1-2-6-11-9(12)8-4-3-7-13-8/h3-4,7H,1-2,6H2,(H,11,12). The zero-order valence-corrected chi connectivity index (χ0v) is 7.12. The fraction of sp³-hybridized carbons (Fsp3) is 0.333. The van der Waals surface area contributed by atoms with Crippen molar-refractivity contribution in [2.45, 2.75) is 12.8 Å². The summed E-state index contributed by atoms with van der Waals surface area (Å²) >= 11 is 0. The number of unbranched alkanes of at least 4 members (excludes halogenated alkanes) is 1. The fourth-order valence-electron chi connectivity index (χ4n) is 0.864. The molecule has 0 aliphatic heterocycles. The Morgan fingerprint density at radius 2 is 2.54 bits per heavy atom. The lowest BCUT2D eigenvalue weighted by atomic mass is 10.3. The summed E-state index contributed by atoms with van der Waals surface area (Å²) in [5.41, 5.74) is 0. The zero-order valence-electron chi connectivity index (χ0n) is 7.12. The first-order valence-electron chi connectivity index (χ1n) is 4.03. The molecule has 1 amide bonds. The average Bonchev–Trinajstić information content (AvgIpc) is 2.65. The van der Waals surface area contributed by atoms with Crippen LogP contribution in [0, 0.1) is 11.3 Å². The van der Waals surface area contributed by atoms with Crippen LogP contribution in [-0.4, -0.2) is 12.5 Å². The summed E-state index contributed by atoms with van der Waals surface area (Å²) in [6, 6.07) is 5.26. The van der Waals surface area contributed by atoms with Crippen LogP contribution < -0.4 is 5.32 Å². The number of carbonyl (C=O) groups excluding carboxylic acids is 1. The normalized spacial score (nSPS) is 9.15. The summed E-state index contributed by atoms with van der Waals surface area (Å²) in [6.45, 7) is 0.507. The maximum atomic E-state index is 11.2. The molecule has 0 unspecified atom stereocenters. The number of nitrogens with one attached hydrogen (secondary N) is 1. The van der Waals surface area contributed by atoms with Gasteiger partial charge >= 0.3 is 0 Å². The summed E-state index contributed by atoms with van der Waals surface area (Å²) in [7, 11) is 0. The van der Waals surface area contributed by atoms with Crippen LogP contribution in [0.5, 0.6) is 0 Å². The van der Waals surface area contributed by atoms with Gasteiger partial charge < -0.3 is 9.73 Å². The second-order valence-corrected chi connectivity index (χ2v) is 2.49. The molecule has 0 fully saturated rings. The smallest absolute Gasteiger partial charge is 0.286 e. The molecule has 1 N–H and O–H groups in total. The quantitative estimate of drug-likeness (QED) is 0.707. The Morgan fingerprint density at radius 1 is 1.69 bits per heavy atom. The van der Waals surface area contributed by atoms with E-state index < -0.39 is 0 Å². The third-order valence-electron chi connectivity index (χ3n) is 1.50. The van der Waals surface area contributed by atoms with Crippen LogP contribution in [0.1, 0.15) is 23.4 Å². The van der Waals surface area contributed by atoms with Crippen LogP contribution in [0.4, 0.5) is 0 Å². The van der Waals surface area contributed by atoms with Gasteiger partial charge in [-0.2, -0.15) is 5.26 Å². The lowest BCUT2D eigenvalue weighted by molar-refractivity contribution is 0.0925. The maximum absolute atomic E-state index is 11.2. The minimum Gasteiger partial charge on any atom is -0.459 e. The molecule has 1 aromatic rings. The molecule has 0 atom stereocenters. The number of amides is 1. The lowest BCUT2D eigenvalue weighted by Crippen LogP contribution is -2.23. The van der Waals surface area contributed by atoms with Gasteiger partial charge in [-0.25, -0.2) is 0 Å². The van der Waals surface area contributed by atoms with Crippen molar-refractivity contribution >= 4 is 5.91 Å². The van der Waals surface area contributed by atoms with Gasteiger partial charge in [-0.1, -0.05) is 0 Å². The van der Waals surface area contributed by atoms with Gasteiger partial charge in [-0.05, 0) is 18.6 Å². The number of nitrogens with zero attached hydrogens (tertiary/aromatic N) is 1. The van der Waals surface area contributed by atoms with Crippen LogP contribution >= 0.6 is 0 Å². The molecule has 4 nitrogen and oxygen atoms in total. The number of hydrogen-bond donors (Lipinski definition) is 1. The summed E-state index contributed by atoms with van der Waals surface area (Å²) in [4.78, 5) is 11.2. The fourth-order valence-corrected chi connectivity index (χ4v) is 0.864. The predicted octanol–water partition coefficient (Wildman–Crippen LogP) is 1.31. The van der Waals surface area contributed by atoms with E-state index in [1.54, 1.807) is 12.1 Å². The lowest BCUT2D eigenvalue weighted by Gasteiger charge is -1.99. The predicted molar refractivity (Wildman–Crippen MR) is 45.9 cm³/mol. The van der Waals surface area contributed by atoms with Crippen LogP contribution in [0.15, 0.2) is 22.8 Å². The number of nitriles is 1. The number of furan rings is 1.